The lowest BCUT2D eigenvalue weighted by Gasteiger charge is -2.06. The van der Waals surface area contributed by atoms with E-state index in [4.69, 9.17) is 0 Å². The van der Waals surface area contributed by atoms with Gasteiger partial charge < -0.3 is 10.6 Å². The van der Waals surface area contributed by atoms with Crippen LogP contribution >= 0.6 is 11.3 Å². The van der Waals surface area contributed by atoms with Gasteiger partial charge in [-0.05, 0) is 42.3 Å². The summed E-state index contributed by atoms with van der Waals surface area (Å²) in [6, 6.07) is 8.84. The van der Waals surface area contributed by atoms with Crippen LogP contribution in [-0.2, 0) is 16.0 Å². The Labute approximate surface area is 152 Å². The number of hydrogen-bond donors (Lipinski definition) is 2. The highest BCUT2D eigenvalue weighted by Crippen LogP contribution is 2.28. The Morgan fingerprint density at radius 2 is 1.88 bits per heavy atom. The molecule has 134 valence electrons. The van der Waals surface area contributed by atoms with Crippen LogP contribution in [0.25, 0.3) is 10.2 Å². The molecule has 26 heavy (non-hydrogen) atoms. The summed E-state index contributed by atoms with van der Waals surface area (Å²) < 4.78 is 26.9. The maximum Gasteiger partial charge on any atom is 0.224 e. The molecule has 0 aliphatic carbocycles. The SMILES string of the molecule is CC(=O)Nc1nc2ccc(NC(=O)CCc3ccc(F)c(F)c3)cc2s1. The van der Waals surface area contributed by atoms with Gasteiger partial charge in [0.1, 0.15) is 0 Å². The summed E-state index contributed by atoms with van der Waals surface area (Å²) in [4.78, 5) is 27.4. The molecule has 0 aliphatic rings. The number of nitrogens with one attached hydrogen (secondary N) is 2. The molecular formula is C18H15F2N3O2S. The van der Waals surface area contributed by atoms with Crippen molar-refractivity contribution >= 4 is 44.2 Å². The van der Waals surface area contributed by atoms with Gasteiger partial charge in [-0.3, -0.25) is 9.59 Å². The van der Waals surface area contributed by atoms with Gasteiger partial charge in [0.2, 0.25) is 11.8 Å². The van der Waals surface area contributed by atoms with Crippen LogP contribution in [0.4, 0.5) is 19.6 Å². The standard InChI is InChI=1S/C18H15F2N3O2S/c1-10(24)21-18-23-15-6-4-12(9-16(15)26-18)22-17(25)7-3-11-2-5-13(19)14(20)8-11/h2,4-6,8-9H,3,7H2,1H3,(H,22,25)(H,21,23,24). The highest BCUT2D eigenvalue weighted by molar-refractivity contribution is 7.22. The van der Waals surface area contributed by atoms with Gasteiger partial charge in [0, 0.05) is 19.0 Å². The lowest BCUT2D eigenvalue weighted by Crippen LogP contribution is -2.12. The number of halogens is 2. The highest BCUT2D eigenvalue weighted by Gasteiger charge is 2.09. The summed E-state index contributed by atoms with van der Waals surface area (Å²) in [5.74, 6) is -2.27. The monoisotopic (exact) mass is 375 g/mol. The molecular weight excluding hydrogens is 360 g/mol. The zero-order chi connectivity index (χ0) is 18.7. The van der Waals surface area contributed by atoms with Gasteiger partial charge >= 0.3 is 0 Å². The Balaban J connectivity index is 1.63. The summed E-state index contributed by atoms with van der Waals surface area (Å²) in [7, 11) is 0. The molecule has 0 saturated carbocycles. The first kappa shape index (κ1) is 17.9. The maximum atomic E-state index is 13.2. The van der Waals surface area contributed by atoms with Crippen molar-refractivity contribution in [2.75, 3.05) is 10.6 Å². The molecule has 0 aliphatic heterocycles. The fraction of sp³-hybridized carbons (Fsp3) is 0.167. The van der Waals surface area contributed by atoms with Crippen LogP contribution in [-0.4, -0.2) is 16.8 Å². The van der Waals surface area contributed by atoms with Crippen molar-refractivity contribution in [2.24, 2.45) is 0 Å². The van der Waals surface area contributed by atoms with Crippen molar-refractivity contribution in [2.45, 2.75) is 19.8 Å². The first-order chi connectivity index (χ1) is 12.4. The number of anilines is 2. The first-order valence-electron chi connectivity index (χ1n) is 7.82. The van der Waals surface area contributed by atoms with E-state index in [0.717, 1.165) is 22.3 Å². The second-order valence-electron chi connectivity index (χ2n) is 5.68. The van der Waals surface area contributed by atoms with E-state index >= 15 is 0 Å². The average Bonchev–Trinajstić information content (AvgIpc) is 2.96. The molecule has 0 radical (unpaired) electrons. The predicted octanol–water partition coefficient (Wildman–Crippen LogP) is 4.10. The smallest absolute Gasteiger partial charge is 0.224 e. The van der Waals surface area contributed by atoms with E-state index < -0.39 is 11.6 Å². The van der Waals surface area contributed by atoms with Gasteiger partial charge in [0.05, 0.1) is 10.2 Å². The summed E-state index contributed by atoms with van der Waals surface area (Å²) in [6.45, 7) is 1.41. The van der Waals surface area contributed by atoms with E-state index in [-0.39, 0.29) is 18.2 Å². The molecule has 0 spiro atoms. The molecule has 2 amide bonds. The minimum atomic E-state index is -0.923. The summed E-state index contributed by atoms with van der Waals surface area (Å²) in [5.41, 5.74) is 1.88. The molecule has 2 aromatic carbocycles. The van der Waals surface area contributed by atoms with Gasteiger partial charge in [-0.2, -0.15) is 0 Å². The quantitative estimate of drug-likeness (QED) is 0.705. The molecule has 3 aromatic rings. The van der Waals surface area contributed by atoms with Gasteiger partial charge in [-0.15, -0.1) is 0 Å². The molecule has 8 heteroatoms. The molecule has 0 bridgehead atoms. The molecule has 3 rings (SSSR count). The number of aryl methyl sites for hydroxylation is 1. The van der Waals surface area contributed by atoms with Crippen LogP contribution in [0.1, 0.15) is 18.9 Å². The molecule has 1 heterocycles. The van der Waals surface area contributed by atoms with Crippen molar-refractivity contribution < 1.29 is 18.4 Å². The zero-order valence-corrected chi connectivity index (χ0v) is 14.6. The molecule has 5 nitrogen and oxygen atoms in total. The summed E-state index contributed by atoms with van der Waals surface area (Å²) in [5, 5.41) is 5.89. The number of fused-ring (bicyclic) bond motifs is 1. The number of nitrogens with zero attached hydrogens (tertiary/aromatic N) is 1. The van der Waals surface area contributed by atoms with E-state index in [9.17, 15) is 18.4 Å². The van der Waals surface area contributed by atoms with E-state index in [2.05, 4.69) is 15.6 Å². The largest absolute Gasteiger partial charge is 0.326 e. The van der Waals surface area contributed by atoms with Crippen molar-refractivity contribution in [1.82, 2.24) is 4.98 Å². The number of benzene rings is 2. The van der Waals surface area contributed by atoms with Crippen molar-refractivity contribution in [3.8, 4) is 0 Å². The molecule has 0 saturated heterocycles. The Morgan fingerprint density at radius 1 is 1.08 bits per heavy atom. The van der Waals surface area contributed by atoms with Crippen molar-refractivity contribution in [3.63, 3.8) is 0 Å². The average molecular weight is 375 g/mol. The summed E-state index contributed by atoms with van der Waals surface area (Å²) >= 11 is 1.31. The fourth-order valence-electron chi connectivity index (χ4n) is 2.38. The molecule has 0 fully saturated rings. The Kier molecular flexibility index (Phi) is 5.22. The second-order valence-corrected chi connectivity index (χ2v) is 6.71. The fourth-order valence-corrected chi connectivity index (χ4v) is 3.33. The Morgan fingerprint density at radius 3 is 2.62 bits per heavy atom. The van der Waals surface area contributed by atoms with Gasteiger partial charge in [-0.25, -0.2) is 13.8 Å². The Hall–Kier alpha value is -2.87. The van der Waals surface area contributed by atoms with Crippen LogP contribution in [0.3, 0.4) is 0 Å². The Bertz CT molecular complexity index is 988. The van der Waals surface area contributed by atoms with Crippen molar-refractivity contribution in [3.05, 3.63) is 53.6 Å². The van der Waals surface area contributed by atoms with Crippen LogP contribution in [0.15, 0.2) is 36.4 Å². The third-order valence-electron chi connectivity index (χ3n) is 3.58. The van der Waals surface area contributed by atoms with Crippen LogP contribution in [0.2, 0.25) is 0 Å². The minimum Gasteiger partial charge on any atom is -0.326 e. The lowest BCUT2D eigenvalue weighted by molar-refractivity contribution is -0.116. The number of hydrogen-bond acceptors (Lipinski definition) is 4. The maximum absolute atomic E-state index is 13.2. The molecule has 0 atom stereocenters. The number of carbonyl (C=O) groups excluding carboxylic acids is 2. The van der Waals surface area contributed by atoms with Gasteiger partial charge in [-0.1, -0.05) is 17.4 Å². The highest BCUT2D eigenvalue weighted by atomic mass is 32.1. The normalized spacial score (nSPS) is 10.7. The van der Waals surface area contributed by atoms with Crippen LogP contribution < -0.4 is 10.6 Å². The van der Waals surface area contributed by atoms with E-state index in [1.165, 1.54) is 24.3 Å². The van der Waals surface area contributed by atoms with Gasteiger partial charge in [0.25, 0.3) is 0 Å². The molecule has 2 N–H and O–H groups in total. The van der Waals surface area contributed by atoms with E-state index in [0.29, 0.717) is 22.8 Å². The topological polar surface area (TPSA) is 71.1 Å². The summed E-state index contributed by atoms with van der Waals surface area (Å²) in [6.07, 6.45) is 0.446. The molecule has 1 aromatic heterocycles. The predicted molar refractivity (Wildman–Crippen MR) is 97.2 cm³/mol. The van der Waals surface area contributed by atoms with Crippen LogP contribution in [0, 0.1) is 11.6 Å². The van der Waals surface area contributed by atoms with E-state index in [1.54, 1.807) is 18.2 Å². The zero-order valence-electron chi connectivity index (χ0n) is 13.8. The second kappa shape index (κ2) is 7.57. The third kappa shape index (κ3) is 4.40. The number of aromatic nitrogens is 1. The van der Waals surface area contributed by atoms with Gasteiger partial charge in [0.15, 0.2) is 16.8 Å². The van der Waals surface area contributed by atoms with Crippen LogP contribution in [0.5, 0.6) is 0 Å². The molecule has 0 unspecified atom stereocenters. The lowest BCUT2D eigenvalue weighted by atomic mass is 10.1. The number of rotatable bonds is 5. The van der Waals surface area contributed by atoms with Crippen molar-refractivity contribution in [1.29, 1.82) is 0 Å². The first-order valence-corrected chi connectivity index (χ1v) is 8.64. The number of amides is 2. The minimum absolute atomic E-state index is 0.142. The third-order valence-corrected chi connectivity index (χ3v) is 4.51. The van der Waals surface area contributed by atoms with E-state index in [1.807, 2.05) is 0 Å². The number of thiazole rings is 1. The number of carbonyl (C=O) groups is 2.